The highest BCUT2D eigenvalue weighted by Gasteiger charge is 2.47. The van der Waals surface area contributed by atoms with Crippen LogP contribution in [0.4, 0.5) is 10.1 Å². The largest absolute Gasteiger partial charge is 0.439 e. The fraction of sp³-hybridized carbons (Fsp3) is 0.188. The summed E-state index contributed by atoms with van der Waals surface area (Å²) in [6.45, 7) is 1.38. The van der Waals surface area contributed by atoms with Gasteiger partial charge in [0.1, 0.15) is 17.3 Å². The van der Waals surface area contributed by atoms with Crippen molar-refractivity contribution in [2.24, 2.45) is 0 Å². The van der Waals surface area contributed by atoms with Gasteiger partial charge >= 0.3 is 0 Å². The smallest absolute Gasteiger partial charge is 0.277 e. The molecule has 0 unspecified atom stereocenters. The molecule has 210 valence electrons. The minimum atomic E-state index is -0.452. The van der Waals surface area contributed by atoms with Crippen LogP contribution in [0.3, 0.4) is 0 Å². The minimum absolute atomic E-state index is 0.0869. The number of rotatable bonds is 4. The molecule has 0 N–H and O–H groups in total. The van der Waals surface area contributed by atoms with Crippen LogP contribution < -0.4 is 9.64 Å². The second-order valence-electron chi connectivity index (χ2n) is 10.7. The molecule has 1 fully saturated rings. The highest BCUT2D eigenvalue weighted by Crippen LogP contribution is 2.48. The lowest BCUT2D eigenvalue weighted by Crippen LogP contribution is -2.48. The number of likely N-dealkylation sites (tertiary alicyclic amines) is 1. The van der Waals surface area contributed by atoms with Gasteiger partial charge in [-0.05, 0) is 85.1 Å². The van der Waals surface area contributed by atoms with Crippen molar-refractivity contribution in [1.29, 1.82) is 0 Å². The molecule has 0 bridgehead atoms. The lowest BCUT2D eigenvalue weighted by atomic mass is 9.74. The molecule has 42 heavy (non-hydrogen) atoms. The van der Waals surface area contributed by atoms with Crippen LogP contribution in [0.5, 0.6) is 11.6 Å². The number of amides is 2. The van der Waals surface area contributed by atoms with E-state index in [1.807, 2.05) is 27.6 Å². The van der Waals surface area contributed by atoms with E-state index in [0.717, 1.165) is 11.1 Å². The molecule has 5 heterocycles. The van der Waals surface area contributed by atoms with Gasteiger partial charge in [-0.1, -0.05) is 11.6 Å². The molecular formula is C32H25ClFN5O3. The van der Waals surface area contributed by atoms with Crippen molar-refractivity contribution >= 4 is 34.6 Å². The number of aromatic nitrogens is 3. The number of piperidine rings is 1. The molecule has 2 amide bonds. The number of hydrogen-bond donors (Lipinski definition) is 0. The molecule has 2 aliphatic heterocycles. The number of carbonyl (C=O) groups is 2. The maximum absolute atomic E-state index is 14.5. The standard InChI is InChI=1S/C32H25ClFN5O3/c33-22-5-10-29(35-18-22)42-25-7-3-21(4-8-25)30(40)37-14-11-32(12-15-37)19-39(28-9-6-23(34)16-26(28)32)31(41)27-17-24-2-1-13-38(24)20-36-27/h1-10,13,16-18,20H,11-12,14-15,19H2. The van der Waals surface area contributed by atoms with Crippen molar-refractivity contribution in [3.8, 4) is 11.6 Å². The van der Waals surface area contributed by atoms with Crippen LogP contribution in [0.15, 0.2) is 91.5 Å². The number of halogens is 2. The van der Waals surface area contributed by atoms with Gasteiger partial charge in [-0.2, -0.15) is 0 Å². The summed E-state index contributed by atoms with van der Waals surface area (Å²) in [5.74, 6) is 0.305. The maximum Gasteiger partial charge on any atom is 0.277 e. The van der Waals surface area contributed by atoms with Gasteiger partial charge in [-0.15, -0.1) is 0 Å². The third-order valence-corrected chi connectivity index (χ3v) is 8.42. The van der Waals surface area contributed by atoms with Gasteiger partial charge in [-0.3, -0.25) is 9.59 Å². The zero-order valence-corrected chi connectivity index (χ0v) is 23.2. The molecule has 7 rings (SSSR count). The second kappa shape index (κ2) is 10.3. The van der Waals surface area contributed by atoms with Crippen molar-refractivity contribution in [2.45, 2.75) is 18.3 Å². The Morgan fingerprint density at radius 1 is 0.929 bits per heavy atom. The first-order valence-electron chi connectivity index (χ1n) is 13.6. The van der Waals surface area contributed by atoms with Gasteiger partial charge in [0, 0.05) is 60.3 Å². The Bertz CT molecular complexity index is 1810. The molecular weight excluding hydrogens is 557 g/mol. The van der Waals surface area contributed by atoms with E-state index in [1.165, 1.54) is 18.3 Å². The van der Waals surface area contributed by atoms with E-state index >= 15 is 0 Å². The molecule has 0 aliphatic carbocycles. The first kappa shape index (κ1) is 26.2. The Morgan fingerprint density at radius 3 is 2.50 bits per heavy atom. The van der Waals surface area contributed by atoms with Gasteiger partial charge < -0.3 is 18.9 Å². The van der Waals surface area contributed by atoms with E-state index in [4.69, 9.17) is 16.3 Å². The number of anilines is 1. The predicted molar refractivity (Wildman–Crippen MR) is 156 cm³/mol. The summed E-state index contributed by atoms with van der Waals surface area (Å²) in [5, 5.41) is 0.518. The van der Waals surface area contributed by atoms with Crippen molar-refractivity contribution < 1.29 is 18.7 Å². The summed E-state index contributed by atoms with van der Waals surface area (Å²) in [4.78, 5) is 39.1. The Kier molecular flexibility index (Phi) is 6.39. The first-order chi connectivity index (χ1) is 20.4. The molecule has 3 aromatic heterocycles. The summed E-state index contributed by atoms with van der Waals surface area (Å²) >= 11 is 5.88. The molecule has 2 aliphatic rings. The number of benzene rings is 2. The van der Waals surface area contributed by atoms with Gasteiger partial charge in [-0.25, -0.2) is 14.4 Å². The van der Waals surface area contributed by atoms with E-state index in [-0.39, 0.29) is 17.6 Å². The van der Waals surface area contributed by atoms with Gasteiger partial charge in [0.25, 0.3) is 11.8 Å². The third-order valence-electron chi connectivity index (χ3n) is 8.20. The van der Waals surface area contributed by atoms with Crippen molar-refractivity contribution in [3.05, 3.63) is 119 Å². The zero-order valence-electron chi connectivity index (χ0n) is 22.4. The molecule has 0 saturated carbocycles. The number of carbonyl (C=O) groups excluding carboxylic acids is 2. The van der Waals surface area contributed by atoms with Crippen LogP contribution in [-0.4, -0.2) is 50.7 Å². The predicted octanol–water partition coefficient (Wildman–Crippen LogP) is 6.15. The third kappa shape index (κ3) is 4.65. The first-order valence-corrected chi connectivity index (χ1v) is 14.0. The second-order valence-corrected chi connectivity index (χ2v) is 11.1. The fourth-order valence-electron chi connectivity index (χ4n) is 5.97. The number of nitrogens with zero attached hydrogens (tertiary/aromatic N) is 5. The summed E-state index contributed by atoms with van der Waals surface area (Å²) in [6.07, 6.45) is 6.21. The van der Waals surface area contributed by atoms with E-state index in [0.29, 0.717) is 66.1 Å². The quantitative estimate of drug-likeness (QED) is 0.254. The van der Waals surface area contributed by atoms with Crippen LogP contribution in [0, 0.1) is 5.82 Å². The monoisotopic (exact) mass is 581 g/mol. The Morgan fingerprint density at radius 2 is 1.74 bits per heavy atom. The minimum Gasteiger partial charge on any atom is -0.439 e. The summed E-state index contributed by atoms with van der Waals surface area (Å²) < 4.78 is 22.1. The molecule has 10 heteroatoms. The molecule has 1 spiro atoms. The average molecular weight is 582 g/mol. The summed E-state index contributed by atoms with van der Waals surface area (Å²) in [7, 11) is 0. The van der Waals surface area contributed by atoms with Crippen LogP contribution >= 0.6 is 11.6 Å². The van der Waals surface area contributed by atoms with Crippen molar-refractivity contribution in [3.63, 3.8) is 0 Å². The molecule has 0 atom stereocenters. The summed E-state index contributed by atoms with van der Waals surface area (Å²) in [6, 6.07) is 20.5. The Balaban J connectivity index is 1.07. The highest BCUT2D eigenvalue weighted by atomic mass is 35.5. The van der Waals surface area contributed by atoms with E-state index in [1.54, 1.807) is 59.8 Å². The molecule has 1 saturated heterocycles. The van der Waals surface area contributed by atoms with Crippen LogP contribution in [0.1, 0.15) is 39.3 Å². The van der Waals surface area contributed by atoms with Gasteiger partial charge in [0.2, 0.25) is 5.88 Å². The molecule has 8 nitrogen and oxygen atoms in total. The Labute approximate surface area is 245 Å². The lowest BCUT2D eigenvalue weighted by molar-refractivity contribution is 0.0670. The average Bonchev–Trinajstić information content (AvgIpc) is 3.61. The van der Waals surface area contributed by atoms with Crippen molar-refractivity contribution in [2.75, 3.05) is 24.5 Å². The zero-order chi connectivity index (χ0) is 28.8. The lowest BCUT2D eigenvalue weighted by Gasteiger charge is -2.40. The summed E-state index contributed by atoms with van der Waals surface area (Å²) in [5.41, 5.74) is 2.80. The van der Waals surface area contributed by atoms with Crippen LogP contribution in [0.2, 0.25) is 5.02 Å². The van der Waals surface area contributed by atoms with Gasteiger partial charge in [0.15, 0.2) is 0 Å². The SMILES string of the molecule is O=C(c1ccc(Oc2ccc(Cl)cn2)cc1)N1CCC2(CC1)CN(C(=O)c1cc3cccn3cn1)c1ccc(F)cc12. The maximum atomic E-state index is 14.5. The van der Waals surface area contributed by atoms with E-state index < -0.39 is 5.41 Å². The van der Waals surface area contributed by atoms with Gasteiger partial charge in [0.05, 0.1) is 11.3 Å². The number of hydrogen-bond acceptors (Lipinski definition) is 5. The van der Waals surface area contributed by atoms with E-state index in [9.17, 15) is 14.0 Å². The number of fused-ring (bicyclic) bond motifs is 3. The number of pyridine rings is 1. The molecule has 2 aromatic carbocycles. The molecule has 0 radical (unpaired) electrons. The Hall–Kier alpha value is -4.76. The number of ether oxygens (including phenoxy) is 1. The van der Waals surface area contributed by atoms with Crippen LogP contribution in [0.25, 0.3) is 5.52 Å². The highest BCUT2D eigenvalue weighted by molar-refractivity contribution is 6.30. The van der Waals surface area contributed by atoms with Crippen molar-refractivity contribution in [1.82, 2.24) is 19.3 Å². The molecule has 5 aromatic rings. The van der Waals surface area contributed by atoms with E-state index in [2.05, 4.69) is 9.97 Å². The van der Waals surface area contributed by atoms with Crippen LogP contribution in [-0.2, 0) is 5.41 Å². The fourth-order valence-corrected chi connectivity index (χ4v) is 6.08. The normalized spacial score (nSPS) is 15.7. The topological polar surface area (TPSA) is 80.0 Å².